The van der Waals surface area contributed by atoms with E-state index in [2.05, 4.69) is 23.7 Å². The molecule has 2 heterocycles. The highest BCUT2D eigenvalue weighted by Gasteiger charge is 2.31. The number of methoxy groups -OCH3 is 1. The van der Waals surface area contributed by atoms with Crippen LogP contribution in [-0.4, -0.2) is 55.0 Å². The van der Waals surface area contributed by atoms with Gasteiger partial charge in [0.2, 0.25) is 0 Å². The number of morpholine rings is 1. The molecule has 0 unspecified atom stereocenters. The van der Waals surface area contributed by atoms with Crippen molar-refractivity contribution in [2.24, 2.45) is 10.9 Å². The zero-order valence-corrected chi connectivity index (χ0v) is 18.6. The smallest absolute Gasteiger partial charge is 0.286 e. The molecule has 2 aliphatic heterocycles. The van der Waals surface area contributed by atoms with Crippen molar-refractivity contribution in [2.75, 3.05) is 26.8 Å². The summed E-state index contributed by atoms with van der Waals surface area (Å²) in [6.45, 7) is 10.6. The number of aliphatic imine (C=N–C) groups is 1. The summed E-state index contributed by atoms with van der Waals surface area (Å²) in [5.74, 6) is 1.76. The van der Waals surface area contributed by atoms with Gasteiger partial charge in [-0.1, -0.05) is 19.9 Å². The normalized spacial score (nSPS) is 23.7. The summed E-state index contributed by atoms with van der Waals surface area (Å²) in [7, 11) is 1.62. The molecule has 158 valence electrons. The van der Waals surface area contributed by atoms with Crippen LogP contribution in [0.15, 0.2) is 28.1 Å². The van der Waals surface area contributed by atoms with Gasteiger partial charge in [-0.15, -0.1) is 0 Å². The average Bonchev–Trinajstić information content (AvgIpc) is 3.02. The topological polar surface area (TPSA) is 60.4 Å². The Bertz CT molecular complexity index is 796. The van der Waals surface area contributed by atoms with Crippen LogP contribution in [0.25, 0.3) is 6.08 Å². The Hall–Kier alpha value is -1.99. The number of hydrogen-bond acceptors (Lipinski definition) is 6. The maximum absolute atomic E-state index is 12.4. The second-order valence-electron chi connectivity index (χ2n) is 7.91. The molecule has 0 radical (unpaired) electrons. The third-order valence-electron chi connectivity index (χ3n) is 4.74. The molecular weight excluding hydrogens is 388 g/mol. The number of hydrogen-bond donors (Lipinski definition) is 0. The van der Waals surface area contributed by atoms with Crippen LogP contribution in [0.4, 0.5) is 0 Å². The lowest BCUT2D eigenvalue weighted by Gasteiger charge is -2.35. The van der Waals surface area contributed by atoms with E-state index in [9.17, 15) is 4.79 Å². The van der Waals surface area contributed by atoms with E-state index in [1.165, 1.54) is 11.8 Å². The molecule has 0 spiro atoms. The second-order valence-corrected chi connectivity index (χ2v) is 8.92. The zero-order chi connectivity index (χ0) is 21.0. The summed E-state index contributed by atoms with van der Waals surface area (Å²) < 4.78 is 17.1. The Morgan fingerprint density at radius 2 is 2.00 bits per heavy atom. The fourth-order valence-corrected chi connectivity index (χ4v) is 4.25. The molecule has 1 aromatic carbocycles. The van der Waals surface area contributed by atoms with E-state index in [-0.39, 0.29) is 18.1 Å². The highest BCUT2D eigenvalue weighted by atomic mass is 32.2. The third kappa shape index (κ3) is 5.76. The predicted octanol–water partition coefficient (Wildman–Crippen LogP) is 4.20. The van der Waals surface area contributed by atoms with Crippen molar-refractivity contribution in [1.82, 2.24) is 4.90 Å². The Labute approximate surface area is 177 Å². The van der Waals surface area contributed by atoms with Gasteiger partial charge in [-0.3, -0.25) is 4.79 Å². The van der Waals surface area contributed by atoms with Crippen LogP contribution in [0, 0.1) is 5.92 Å². The number of nitrogens with zero attached hydrogens (tertiary/aromatic N) is 2. The van der Waals surface area contributed by atoms with Crippen molar-refractivity contribution in [2.45, 2.75) is 46.3 Å². The summed E-state index contributed by atoms with van der Waals surface area (Å²) in [5, 5.41) is 0.754. The van der Waals surface area contributed by atoms with Gasteiger partial charge in [-0.2, -0.15) is 4.99 Å². The van der Waals surface area contributed by atoms with Crippen molar-refractivity contribution in [3.8, 4) is 11.5 Å². The van der Waals surface area contributed by atoms with Crippen LogP contribution < -0.4 is 9.47 Å². The molecule has 1 amide bonds. The van der Waals surface area contributed by atoms with Gasteiger partial charge >= 0.3 is 0 Å². The lowest BCUT2D eigenvalue weighted by atomic mass is 10.1. The monoisotopic (exact) mass is 418 g/mol. The minimum absolute atomic E-state index is 0.123. The zero-order valence-electron chi connectivity index (χ0n) is 17.8. The SMILES string of the molecule is COc1cc(/C=C2/SC(N3C[C@H](C)O[C@@H](C)C3)=NC2=O)ccc1OCCC(C)C. The molecule has 0 aliphatic carbocycles. The van der Waals surface area contributed by atoms with E-state index >= 15 is 0 Å². The molecule has 0 bridgehead atoms. The van der Waals surface area contributed by atoms with Crippen molar-refractivity contribution in [3.63, 3.8) is 0 Å². The Balaban J connectivity index is 1.69. The van der Waals surface area contributed by atoms with Gasteiger partial charge in [0, 0.05) is 13.1 Å². The fourth-order valence-electron chi connectivity index (χ4n) is 3.32. The summed E-state index contributed by atoms with van der Waals surface area (Å²) in [6, 6.07) is 5.72. The van der Waals surface area contributed by atoms with Gasteiger partial charge < -0.3 is 19.1 Å². The number of thioether (sulfide) groups is 1. The van der Waals surface area contributed by atoms with Crippen LogP contribution >= 0.6 is 11.8 Å². The van der Waals surface area contributed by atoms with Crippen LogP contribution in [0.5, 0.6) is 11.5 Å². The van der Waals surface area contributed by atoms with Gasteiger partial charge in [-0.05, 0) is 61.7 Å². The number of amidine groups is 1. The van der Waals surface area contributed by atoms with Crippen molar-refractivity contribution < 1.29 is 19.0 Å². The molecule has 0 saturated carbocycles. The Morgan fingerprint density at radius 1 is 1.28 bits per heavy atom. The summed E-state index contributed by atoms with van der Waals surface area (Å²) >= 11 is 1.42. The van der Waals surface area contributed by atoms with E-state index in [0.717, 1.165) is 30.2 Å². The van der Waals surface area contributed by atoms with Gasteiger partial charge in [0.05, 0.1) is 30.8 Å². The number of rotatable bonds is 6. The van der Waals surface area contributed by atoms with Gasteiger partial charge in [0.1, 0.15) is 0 Å². The average molecular weight is 419 g/mol. The minimum Gasteiger partial charge on any atom is -0.493 e. The first-order chi connectivity index (χ1) is 13.9. The minimum atomic E-state index is -0.201. The van der Waals surface area contributed by atoms with Crippen molar-refractivity contribution in [3.05, 3.63) is 28.7 Å². The van der Waals surface area contributed by atoms with E-state index < -0.39 is 0 Å². The van der Waals surface area contributed by atoms with E-state index in [1.54, 1.807) is 7.11 Å². The predicted molar refractivity (Wildman–Crippen MR) is 118 cm³/mol. The Morgan fingerprint density at radius 3 is 2.66 bits per heavy atom. The fraction of sp³-hybridized carbons (Fsp3) is 0.545. The quantitative estimate of drug-likeness (QED) is 0.646. The Kier molecular flexibility index (Phi) is 7.24. The van der Waals surface area contributed by atoms with Crippen LogP contribution in [0.3, 0.4) is 0 Å². The van der Waals surface area contributed by atoms with E-state index in [1.807, 2.05) is 38.1 Å². The van der Waals surface area contributed by atoms with Crippen LogP contribution in [0.1, 0.15) is 39.7 Å². The molecule has 1 aromatic rings. The molecule has 1 saturated heterocycles. The van der Waals surface area contributed by atoms with Crippen molar-refractivity contribution >= 4 is 28.9 Å². The molecular formula is C22H30N2O4S. The number of ether oxygens (including phenoxy) is 3. The summed E-state index contributed by atoms with van der Waals surface area (Å²) in [4.78, 5) is 19.4. The maximum Gasteiger partial charge on any atom is 0.286 e. The molecule has 2 atom stereocenters. The van der Waals surface area contributed by atoms with Crippen molar-refractivity contribution in [1.29, 1.82) is 0 Å². The largest absolute Gasteiger partial charge is 0.493 e. The maximum atomic E-state index is 12.4. The molecule has 0 aromatic heterocycles. The number of benzene rings is 1. The number of amides is 1. The standard InChI is InChI=1S/C22H30N2O4S/c1-14(2)8-9-27-18-7-6-17(10-19(18)26-5)11-20-21(25)23-22(29-20)24-12-15(3)28-16(4)13-24/h6-7,10-11,14-16H,8-9,12-13H2,1-5H3/b20-11+/t15-,16-/m0/s1. The molecule has 1 fully saturated rings. The molecule has 29 heavy (non-hydrogen) atoms. The van der Waals surface area contributed by atoms with Gasteiger partial charge in [0.15, 0.2) is 16.7 Å². The molecule has 3 rings (SSSR count). The third-order valence-corrected chi connectivity index (χ3v) is 5.78. The first-order valence-corrected chi connectivity index (χ1v) is 10.9. The van der Waals surface area contributed by atoms with Crippen LogP contribution in [0.2, 0.25) is 0 Å². The van der Waals surface area contributed by atoms with E-state index in [4.69, 9.17) is 14.2 Å². The highest BCUT2D eigenvalue weighted by Crippen LogP contribution is 2.34. The molecule has 2 aliphatic rings. The highest BCUT2D eigenvalue weighted by molar-refractivity contribution is 8.18. The summed E-state index contributed by atoms with van der Waals surface area (Å²) in [5.41, 5.74) is 0.883. The lowest BCUT2D eigenvalue weighted by molar-refractivity contribution is -0.113. The van der Waals surface area contributed by atoms with E-state index in [0.29, 0.717) is 28.9 Å². The first-order valence-electron chi connectivity index (χ1n) is 10.1. The van der Waals surface area contributed by atoms with Gasteiger partial charge in [-0.25, -0.2) is 0 Å². The van der Waals surface area contributed by atoms with Crippen LogP contribution in [-0.2, 0) is 9.53 Å². The number of carbonyl (C=O) groups excluding carboxylic acids is 1. The molecule has 0 N–H and O–H groups in total. The lowest BCUT2D eigenvalue weighted by Crippen LogP contribution is -2.47. The summed E-state index contributed by atoms with van der Waals surface area (Å²) in [6.07, 6.45) is 3.09. The first kappa shape index (κ1) is 21.7. The number of carbonyl (C=O) groups is 1. The second kappa shape index (κ2) is 9.67. The van der Waals surface area contributed by atoms with Gasteiger partial charge in [0.25, 0.3) is 5.91 Å². The molecule has 6 nitrogen and oxygen atoms in total. The molecule has 7 heteroatoms.